The summed E-state index contributed by atoms with van der Waals surface area (Å²) in [5, 5.41) is 1.80. The van der Waals surface area contributed by atoms with Crippen LogP contribution in [0.2, 0.25) is 0 Å². The van der Waals surface area contributed by atoms with Gasteiger partial charge >= 0.3 is 0 Å². The Morgan fingerprint density at radius 2 is 1.40 bits per heavy atom. The lowest BCUT2D eigenvalue weighted by molar-refractivity contribution is -0.00000193. The molecule has 0 aliphatic carbocycles. The van der Waals surface area contributed by atoms with Crippen molar-refractivity contribution in [2.45, 2.75) is 0 Å². The van der Waals surface area contributed by atoms with Crippen LogP contribution in [-0.2, 0) is 0 Å². The Morgan fingerprint density at radius 3 is 1.50 bits per heavy atom. The topological polar surface area (TPSA) is 0 Å². The van der Waals surface area contributed by atoms with E-state index >= 15 is 0 Å². The highest BCUT2D eigenvalue weighted by molar-refractivity contribution is 7.75. The summed E-state index contributed by atoms with van der Waals surface area (Å²) in [6.45, 7) is 4.56. The molecule has 0 saturated heterocycles. The number of hydrogen-bond acceptors (Lipinski definition) is 0. The van der Waals surface area contributed by atoms with E-state index < -0.39 is 7.26 Å². The molecular formula is C6H10Cl3P. The summed E-state index contributed by atoms with van der Waals surface area (Å²) in [6.07, 6.45) is 2.10. The van der Waals surface area contributed by atoms with Crippen LogP contribution >= 0.6 is 30.5 Å². The molecular weight excluding hydrogens is 209 g/mol. The van der Waals surface area contributed by atoms with E-state index in [-0.39, 0.29) is 12.4 Å². The Hall–Kier alpha value is 1.04. The third kappa shape index (κ3) is 2.58. The van der Waals surface area contributed by atoms with Crippen LogP contribution in [0.15, 0.2) is 10.1 Å². The summed E-state index contributed by atoms with van der Waals surface area (Å²) < 4.78 is 0. The third-order valence-electron chi connectivity index (χ3n) is 1.43. The fourth-order valence-electron chi connectivity index (χ4n) is 0.979. The van der Waals surface area contributed by atoms with Crippen LogP contribution in [0.5, 0.6) is 0 Å². The minimum atomic E-state index is -0.743. The van der Waals surface area contributed by atoms with Crippen LogP contribution in [0.1, 0.15) is 0 Å². The highest BCUT2D eigenvalue weighted by atomic mass is 35.5. The highest BCUT2D eigenvalue weighted by Gasteiger charge is 2.35. The lowest BCUT2D eigenvalue weighted by Gasteiger charge is -2.07. The summed E-state index contributed by atoms with van der Waals surface area (Å²) in [7, 11) is -0.743. The number of halogens is 3. The van der Waals surface area contributed by atoms with Gasteiger partial charge in [-0.2, -0.15) is 0 Å². The lowest BCUT2D eigenvalue weighted by atomic mass is 10.6. The maximum atomic E-state index is 5.82. The van der Waals surface area contributed by atoms with Gasteiger partial charge in [0.25, 0.3) is 0 Å². The van der Waals surface area contributed by atoms with Crippen molar-refractivity contribution in [3.8, 4) is 0 Å². The smallest absolute Gasteiger partial charge is 0.0960 e. The normalized spacial score (nSPS) is 22.8. The quantitative estimate of drug-likeness (QED) is 0.502. The van der Waals surface area contributed by atoms with Gasteiger partial charge in [0.05, 0.1) is 22.4 Å². The number of rotatable bonds is 0. The van der Waals surface area contributed by atoms with Crippen molar-refractivity contribution in [2.24, 2.45) is 0 Å². The van der Waals surface area contributed by atoms with E-state index in [9.17, 15) is 0 Å². The predicted octanol–water partition coefficient (Wildman–Crippen LogP) is -0.0296. The third-order valence-corrected chi connectivity index (χ3v) is 4.97. The maximum Gasteiger partial charge on any atom is 0.0960 e. The summed E-state index contributed by atoms with van der Waals surface area (Å²) in [4.78, 5) is 0. The van der Waals surface area contributed by atoms with Gasteiger partial charge in [-0.15, -0.1) is 0 Å². The second kappa shape index (κ2) is 3.63. The molecule has 0 amide bonds. The Kier molecular flexibility index (Phi) is 4.00. The molecule has 1 rings (SSSR count). The van der Waals surface area contributed by atoms with Crippen molar-refractivity contribution in [3.05, 3.63) is 10.1 Å². The molecule has 0 N–H and O–H groups in total. The van der Waals surface area contributed by atoms with Crippen LogP contribution in [0.3, 0.4) is 0 Å². The van der Waals surface area contributed by atoms with Gasteiger partial charge in [0, 0.05) is 20.6 Å². The first kappa shape index (κ1) is 11.0. The van der Waals surface area contributed by atoms with E-state index in [1.165, 1.54) is 0 Å². The maximum absolute atomic E-state index is 5.82. The van der Waals surface area contributed by atoms with Gasteiger partial charge < -0.3 is 12.4 Å². The largest absolute Gasteiger partial charge is 1.00 e. The zero-order chi connectivity index (χ0) is 7.07. The molecule has 10 heavy (non-hydrogen) atoms. The molecule has 0 spiro atoms. The zero-order valence-corrected chi connectivity index (χ0v) is 9.16. The van der Waals surface area contributed by atoms with Crippen molar-refractivity contribution in [1.29, 1.82) is 0 Å². The van der Waals surface area contributed by atoms with Crippen molar-refractivity contribution in [3.63, 3.8) is 0 Å². The van der Waals surface area contributed by atoms with Gasteiger partial charge in [0.1, 0.15) is 0 Å². The molecule has 1 aliphatic rings. The zero-order valence-electron chi connectivity index (χ0n) is 6.00. The Morgan fingerprint density at radius 1 is 1.10 bits per heavy atom. The van der Waals surface area contributed by atoms with Gasteiger partial charge in [0.2, 0.25) is 0 Å². The second-order valence-electron chi connectivity index (χ2n) is 3.06. The van der Waals surface area contributed by atoms with E-state index in [4.69, 9.17) is 23.2 Å². The summed E-state index contributed by atoms with van der Waals surface area (Å²) in [6, 6.07) is 0. The number of hydrogen-bond donors (Lipinski definition) is 0. The van der Waals surface area contributed by atoms with E-state index in [1.54, 1.807) is 0 Å². The van der Waals surface area contributed by atoms with Crippen LogP contribution in [0, 0.1) is 0 Å². The Balaban J connectivity index is 0.000000810. The standard InChI is InChI=1S/C6H10Cl2P.ClH/c1-9(2)3-5(7)6(8)4-9;/h3-4H2,1-2H3;1H/q+1;/p-1. The van der Waals surface area contributed by atoms with Gasteiger partial charge in [0.15, 0.2) is 0 Å². The fourth-order valence-corrected chi connectivity index (χ4v) is 5.24. The summed E-state index contributed by atoms with van der Waals surface area (Å²) >= 11 is 11.6. The molecule has 0 saturated carbocycles. The first-order valence-corrected chi connectivity index (χ1v) is 6.67. The van der Waals surface area contributed by atoms with Crippen molar-refractivity contribution in [1.82, 2.24) is 0 Å². The molecule has 0 aromatic heterocycles. The highest BCUT2D eigenvalue weighted by Crippen LogP contribution is 2.60. The van der Waals surface area contributed by atoms with Crippen molar-refractivity contribution in [2.75, 3.05) is 25.7 Å². The minimum absolute atomic E-state index is 0. The summed E-state index contributed by atoms with van der Waals surface area (Å²) in [5.41, 5.74) is 0. The van der Waals surface area contributed by atoms with E-state index in [1.807, 2.05) is 0 Å². The molecule has 1 heterocycles. The molecule has 60 valence electrons. The fraction of sp³-hybridized carbons (Fsp3) is 0.667. The molecule has 0 aromatic carbocycles. The van der Waals surface area contributed by atoms with Gasteiger partial charge in [-0.05, 0) is 0 Å². The summed E-state index contributed by atoms with van der Waals surface area (Å²) in [5.74, 6) is 0. The molecule has 4 heteroatoms. The first-order chi connectivity index (χ1) is 4.01. The average Bonchev–Trinajstić information content (AvgIpc) is 1.79. The van der Waals surface area contributed by atoms with Crippen molar-refractivity contribution < 1.29 is 12.4 Å². The molecule has 0 atom stereocenters. The molecule has 0 fully saturated rings. The second-order valence-corrected chi connectivity index (χ2v) is 8.48. The van der Waals surface area contributed by atoms with E-state index in [2.05, 4.69) is 13.3 Å². The van der Waals surface area contributed by atoms with E-state index in [0.29, 0.717) is 0 Å². The molecule has 0 bridgehead atoms. The van der Waals surface area contributed by atoms with Gasteiger partial charge in [-0.1, -0.05) is 23.2 Å². The van der Waals surface area contributed by atoms with Crippen LogP contribution in [0.25, 0.3) is 0 Å². The van der Waals surface area contributed by atoms with Crippen LogP contribution in [-0.4, -0.2) is 25.7 Å². The predicted molar refractivity (Wildman–Crippen MR) is 47.2 cm³/mol. The molecule has 0 aromatic rings. The first-order valence-electron chi connectivity index (χ1n) is 2.86. The Bertz CT molecular complexity index is 146. The van der Waals surface area contributed by atoms with Crippen LogP contribution < -0.4 is 12.4 Å². The van der Waals surface area contributed by atoms with E-state index in [0.717, 1.165) is 22.4 Å². The van der Waals surface area contributed by atoms with Gasteiger partial charge in [-0.3, -0.25) is 0 Å². The van der Waals surface area contributed by atoms with Crippen molar-refractivity contribution >= 4 is 30.5 Å². The molecule has 1 aliphatic heterocycles. The number of allylic oxidation sites excluding steroid dienone is 2. The van der Waals surface area contributed by atoms with Crippen LogP contribution in [0.4, 0.5) is 0 Å². The van der Waals surface area contributed by atoms with Gasteiger partial charge in [-0.25, -0.2) is 0 Å². The molecule has 0 unspecified atom stereocenters. The monoisotopic (exact) mass is 218 g/mol. The molecule has 0 radical (unpaired) electrons. The Labute approximate surface area is 78.7 Å². The molecule has 0 nitrogen and oxygen atoms in total. The lowest BCUT2D eigenvalue weighted by Crippen LogP contribution is -3.00. The SMILES string of the molecule is C[P+]1(C)CC(Cl)=C(Cl)C1.[Cl-]. The average molecular weight is 219 g/mol. The minimum Gasteiger partial charge on any atom is -1.00 e.